The van der Waals surface area contributed by atoms with E-state index in [4.69, 9.17) is 9.47 Å². The third-order valence-corrected chi connectivity index (χ3v) is 3.58. The normalized spacial score (nSPS) is 18.9. The molecular formula is C19H14O4. The van der Waals surface area contributed by atoms with E-state index < -0.39 is 11.6 Å². The van der Waals surface area contributed by atoms with E-state index in [0.29, 0.717) is 11.3 Å². The summed E-state index contributed by atoms with van der Waals surface area (Å²) in [5.74, 6) is 5.17. The lowest BCUT2D eigenvalue weighted by molar-refractivity contribution is -0.154. The molecule has 1 heterocycles. The monoisotopic (exact) mass is 306 g/mol. The Morgan fingerprint density at radius 2 is 1.83 bits per heavy atom. The molecule has 0 saturated carbocycles. The molecule has 114 valence electrons. The van der Waals surface area contributed by atoms with Crippen molar-refractivity contribution in [2.75, 3.05) is 7.11 Å². The first kappa shape index (κ1) is 14.9. The van der Waals surface area contributed by atoms with Crippen LogP contribution < -0.4 is 4.74 Å². The van der Waals surface area contributed by atoms with Gasteiger partial charge in [-0.25, -0.2) is 4.79 Å². The van der Waals surface area contributed by atoms with E-state index in [1.54, 1.807) is 24.3 Å². The van der Waals surface area contributed by atoms with Gasteiger partial charge in [-0.1, -0.05) is 36.3 Å². The molecule has 0 spiro atoms. The van der Waals surface area contributed by atoms with Crippen LogP contribution in [0.15, 0.2) is 54.6 Å². The lowest BCUT2D eigenvalue weighted by atomic mass is 9.90. The van der Waals surface area contributed by atoms with E-state index in [9.17, 15) is 9.59 Å². The summed E-state index contributed by atoms with van der Waals surface area (Å²) in [6, 6.07) is 16.0. The Morgan fingerprint density at radius 3 is 2.57 bits per heavy atom. The van der Waals surface area contributed by atoms with Gasteiger partial charge in [0.1, 0.15) is 5.75 Å². The molecule has 1 aliphatic rings. The van der Waals surface area contributed by atoms with Crippen LogP contribution in [0.25, 0.3) is 0 Å². The molecule has 0 amide bonds. The van der Waals surface area contributed by atoms with Crippen LogP contribution in [-0.2, 0) is 9.53 Å². The Labute approximate surface area is 134 Å². The van der Waals surface area contributed by atoms with Gasteiger partial charge in [0.15, 0.2) is 5.78 Å². The Kier molecular flexibility index (Phi) is 3.86. The van der Waals surface area contributed by atoms with Crippen molar-refractivity contribution in [1.29, 1.82) is 0 Å². The van der Waals surface area contributed by atoms with Gasteiger partial charge in [0.2, 0.25) is 0 Å². The van der Waals surface area contributed by atoms with Crippen molar-refractivity contribution in [2.24, 2.45) is 0 Å². The molecule has 3 rings (SSSR count). The van der Waals surface area contributed by atoms with E-state index >= 15 is 0 Å². The summed E-state index contributed by atoms with van der Waals surface area (Å²) in [4.78, 5) is 24.6. The molecule has 0 unspecified atom stereocenters. The number of methoxy groups -OCH3 is 1. The molecule has 23 heavy (non-hydrogen) atoms. The first-order valence-corrected chi connectivity index (χ1v) is 7.12. The van der Waals surface area contributed by atoms with Crippen LogP contribution in [0.5, 0.6) is 5.75 Å². The van der Waals surface area contributed by atoms with E-state index in [2.05, 4.69) is 11.8 Å². The van der Waals surface area contributed by atoms with E-state index in [0.717, 1.165) is 5.56 Å². The lowest BCUT2D eigenvalue weighted by Crippen LogP contribution is -2.48. The van der Waals surface area contributed by atoms with Gasteiger partial charge in [-0.2, -0.15) is 0 Å². The number of hydrogen-bond acceptors (Lipinski definition) is 4. The fourth-order valence-corrected chi connectivity index (χ4v) is 2.43. The van der Waals surface area contributed by atoms with Crippen LogP contribution in [0.4, 0.5) is 0 Å². The zero-order valence-corrected chi connectivity index (χ0v) is 12.5. The molecule has 0 radical (unpaired) electrons. The highest BCUT2D eigenvalue weighted by atomic mass is 16.6. The van der Waals surface area contributed by atoms with Gasteiger partial charge in [-0.15, -0.1) is 0 Å². The third kappa shape index (κ3) is 2.82. The van der Waals surface area contributed by atoms with Crippen molar-refractivity contribution < 1.29 is 19.1 Å². The van der Waals surface area contributed by atoms with E-state index in [1.165, 1.54) is 7.11 Å². The molecule has 0 saturated heterocycles. The van der Waals surface area contributed by atoms with Gasteiger partial charge >= 0.3 is 5.97 Å². The molecule has 2 aromatic carbocycles. The van der Waals surface area contributed by atoms with E-state index in [-0.39, 0.29) is 12.2 Å². The molecule has 2 aromatic rings. The molecule has 0 aromatic heterocycles. The molecule has 4 heteroatoms. The Hall–Kier alpha value is -3.06. The average molecular weight is 306 g/mol. The van der Waals surface area contributed by atoms with Crippen LogP contribution in [0, 0.1) is 11.8 Å². The minimum absolute atomic E-state index is 0.170. The van der Waals surface area contributed by atoms with Crippen molar-refractivity contribution in [1.82, 2.24) is 0 Å². The predicted octanol–water partition coefficient (Wildman–Crippen LogP) is 2.62. The SMILES string of the molecule is COC(=O)[C@]1(C#Cc2ccccc2)CC(=O)c2ccccc2O1. The number of fused-ring (bicyclic) bond motifs is 1. The number of esters is 1. The molecule has 0 N–H and O–H groups in total. The number of ether oxygens (including phenoxy) is 2. The maximum Gasteiger partial charge on any atom is 0.363 e. The number of benzene rings is 2. The minimum Gasteiger partial charge on any atom is -0.465 e. The Balaban J connectivity index is 2.05. The first-order chi connectivity index (χ1) is 11.1. The van der Waals surface area contributed by atoms with Gasteiger partial charge in [-0.05, 0) is 30.2 Å². The van der Waals surface area contributed by atoms with Gasteiger partial charge in [-0.3, -0.25) is 4.79 Å². The molecule has 4 nitrogen and oxygen atoms in total. The number of carbonyl (C=O) groups excluding carboxylic acids is 2. The summed E-state index contributed by atoms with van der Waals surface area (Å²) in [7, 11) is 1.25. The third-order valence-electron chi connectivity index (χ3n) is 3.58. The number of hydrogen-bond donors (Lipinski definition) is 0. The van der Waals surface area contributed by atoms with Crippen molar-refractivity contribution in [3.8, 4) is 17.6 Å². The zero-order chi connectivity index (χ0) is 16.3. The maximum atomic E-state index is 12.4. The summed E-state index contributed by atoms with van der Waals surface area (Å²) in [5, 5.41) is 0. The molecule has 0 bridgehead atoms. The van der Waals surface area contributed by atoms with Crippen LogP contribution in [0.3, 0.4) is 0 Å². The van der Waals surface area contributed by atoms with Gasteiger partial charge in [0.05, 0.1) is 19.1 Å². The summed E-state index contributed by atoms with van der Waals surface area (Å²) < 4.78 is 10.6. The second-order valence-electron chi connectivity index (χ2n) is 5.13. The van der Waals surface area contributed by atoms with Gasteiger partial charge < -0.3 is 9.47 Å². The number of ketones is 1. The van der Waals surface area contributed by atoms with Crippen molar-refractivity contribution in [2.45, 2.75) is 12.0 Å². The standard InChI is InChI=1S/C19H14O4/c1-22-18(21)19(12-11-14-7-3-2-4-8-14)13-16(20)15-9-5-6-10-17(15)23-19/h2-10H,13H2,1H3/t19-/m0/s1. The van der Waals surface area contributed by atoms with Crippen LogP contribution in [-0.4, -0.2) is 24.5 Å². The minimum atomic E-state index is -1.62. The summed E-state index contributed by atoms with van der Waals surface area (Å²) in [5.41, 5.74) is -0.435. The van der Waals surface area contributed by atoms with Crippen LogP contribution >= 0.6 is 0 Å². The van der Waals surface area contributed by atoms with Crippen molar-refractivity contribution in [3.05, 3.63) is 65.7 Å². The topological polar surface area (TPSA) is 52.6 Å². The van der Waals surface area contributed by atoms with E-state index in [1.807, 2.05) is 30.3 Å². The lowest BCUT2D eigenvalue weighted by Gasteiger charge is -2.31. The molecule has 1 atom stereocenters. The molecule has 1 aliphatic heterocycles. The highest BCUT2D eigenvalue weighted by molar-refractivity contribution is 6.05. The van der Waals surface area contributed by atoms with Gasteiger partial charge in [0.25, 0.3) is 5.60 Å². The highest BCUT2D eigenvalue weighted by Crippen LogP contribution is 2.33. The molecular weight excluding hydrogens is 292 g/mol. The van der Waals surface area contributed by atoms with Gasteiger partial charge in [0, 0.05) is 5.56 Å². The number of Topliss-reactive ketones (excluding diaryl/α,β-unsaturated/α-hetero) is 1. The second kappa shape index (κ2) is 5.98. The summed E-state index contributed by atoms with van der Waals surface area (Å²) >= 11 is 0. The van der Waals surface area contributed by atoms with Crippen molar-refractivity contribution >= 4 is 11.8 Å². The van der Waals surface area contributed by atoms with Crippen LogP contribution in [0.1, 0.15) is 22.3 Å². The zero-order valence-electron chi connectivity index (χ0n) is 12.5. The Morgan fingerprint density at radius 1 is 1.13 bits per heavy atom. The Bertz CT molecular complexity index is 814. The quantitative estimate of drug-likeness (QED) is 0.600. The second-order valence-corrected chi connectivity index (χ2v) is 5.13. The molecule has 0 fully saturated rings. The predicted molar refractivity (Wildman–Crippen MR) is 84.1 cm³/mol. The largest absolute Gasteiger partial charge is 0.465 e. The van der Waals surface area contributed by atoms with Crippen molar-refractivity contribution in [3.63, 3.8) is 0 Å². The smallest absolute Gasteiger partial charge is 0.363 e. The number of rotatable bonds is 1. The highest BCUT2D eigenvalue weighted by Gasteiger charge is 2.47. The summed E-state index contributed by atoms with van der Waals surface area (Å²) in [6.45, 7) is 0. The maximum absolute atomic E-state index is 12.4. The molecule has 0 aliphatic carbocycles. The van der Waals surface area contributed by atoms with Crippen LogP contribution in [0.2, 0.25) is 0 Å². The fraction of sp³-hybridized carbons (Fsp3) is 0.158. The number of para-hydroxylation sites is 1. The fourth-order valence-electron chi connectivity index (χ4n) is 2.43. The summed E-state index contributed by atoms with van der Waals surface area (Å²) in [6.07, 6.45) is -0.170. The average Bonchev–Trinajstić information content (AvgIpc) is 2.60. The number of carbonyl (C=O) groups is 2. The first-order valence-electron chi connectivity index (χ1n) is 7.12.